The lowest BCUT2D eigenvalue weighted by Gasteiger charge is -2.25. The highest BCUT2D eigenvalue weighted by atomic mass is 19.1. The lowest BCUT2D eigenvalue weighted by molar-refractivity contribution is 0.197. The molecule has 2 aromatic carbocycles. The number of amides is 2. The first-order valence-corrected chi connectivity index (χ1v) is 9.60. The number of methoxy groups -OCH3 is 2. The Kier molecular flexibility index (Phi) is 6.74. The van der Waals surface area contributed by atoms with E-state index in [9.17, 15) is 9.18 Å². The highest BCUT2D eigenvalue weighted by Crippen LogP contribution is 2.28. The van der Waals surface area contributed by atoms with Crippen molar-refractivity contribution in [3.63, 3.8) is 0 Å². The molecule has 1 aliphatic rings. The Morgan fingerprint density at radius 2 is 1.86 bits per heavy atom. The number of carbonyl (C=O) groups is 1. The molecule has 1 atom stereocenters. The fraction of sp³-hybridized carbons (Fsp3) is 0.409. The molecule has 0 spiro atoms. The number of rotatable bonds is 5. The number of benzene rings is 2. The predicted molar refractivity (Wildman–Crippen MR) is 106 cm³/mol. The minimum Gasteiger partial charge on any atom is -0.493 e. The number of urea groups is 1. The molecule has 2 aromatic rings. The van der Waals surface area contributed by atoms with Gasteiger partial charge in [0.05, 0.1) is 14.2 Å². The summed E-state index contributed by atoms with van der Waals surface area (Å²) in [4.78, 5) is 14.6. The standard InChI is InChI=1S/C22H27FN2O3/c1-27-20-11-6-16(13-21(20)28-2)14-24-22(26)25-12-4-3-5-18(15-25)17-7-9-19(23)10-8-17/h6-11,13,18H,3-5,12,14-15H2,1-2H3,(H,24,26)/t18-/m1/s1. The zero-order valence-corrected chi connectivity index (χ0v) is 16.4. The van der Waals surface area contributed by atoms with Crippen molar-refractivity contribution in [3.8, 4) is 11.5 Å². The summed E-state index contributed by atoms with van der Waals surface area (Å²) in [6.45, 7) is 1.79. The van der Waals surface area contributed by atoms with E-state index < -0.39 is 0 Å². The normalized spacial score (nSPS) is 17.0. The van der Waals surface area contributed by atoms with Gasteiger partial charge in [0.25, 0.3) is 0 Å². The molecule has 1 aliphatic heterocycles. The smallest absolute Gasteiger partial charge is 0.317 e. The summed E-state index contributed by atoms with van der Waals surface area (Å²) in [5, 5.41) is 3.00. The monoisotopic (exact) mass is 386 g/mol. The third-order valence-corrected chi connectivity index (χ3v) is 5.19. The van der Waals surface area contributed by atoms with Gasteiger partial charge in [0.2, 0.25) is 0 Å². The topological polar surface area (TPSA) is 50.8 Å². The Hall–Kier alpha value is -2.76. The molecular weight excluding hydrogens is 359 g/mol. The number of hydrogen-bond acceptors (Lipinski definition) is 3. The van der Waals surface area contributed by atoms with Crippen molar-refractivity contribution >= 4 is 6.03 Å². The minimum atomic E-state index is -0.234. The summed E-state index contributed by atoms with van der Waals surface area (Å²) in [6, 6.07) is 12.1. The van der Waals surface area contributed by atoms with Crippen LogP contribution < -0.4 is 14.8 Å². The molecule has 1 saturated heterocycles. The highest BCUT2D eigenvalue weighted by molar-refractivity contribution is 5.74. The van der Waals surface area contributed by atoms with Crippen LogP contribution in [0.4, 0.5) is 9.18 Å². The van der Waals surface area contributed by atoms with Crippen molar-refractivity contribution in [2.75, 3.05) is 27.3 Å². The maximum Gasteiger partial charge on any atom is 0.317 e. The van der Waals surface area contributed by atoms with Gasteiger partial charge in [-0.2, -0.15) is 0 Å². The summed E-state index contributed by atoms with van der Waals surface area (Å²) in [5.74, 6) is 1.30. The average molecular weight is 386 g/mol. The molecular formula is C22H27FN2O3. The van der Waals surface area contributed by atoms with E-state index >= 15 is 0 Å². The van der Waals surface area contributed by atoms with E-state index in [1.165, 1.54) is 12.1 Å². The first-order valence-electron chi connectivity index (χ1n) is 9.60. The van der Waals surface area contributed by atoms with Crippen LogP contribution in [-0.2, 0) is 6.54 Å². The quantitative estimate of drug-likeness (QED) is 0.833. The van der Waals surface area contributed by atoms with Crippen LogP contribution in [0.25, 0.3) is 0 Å². The zero-order valence-electron chi connectivity index (χ0n) is 16.4. The van der Waals surface area contributed by atoms with E-state index in [-0.39, 0.29) is 17.8 Å². The fourth-order valence-electron chi connectivity index (χ4n) is 3.61. The van der Waals surface area contributed by atoms with Gasteiger partial charge in [-0.25, -0.2) is 9.18 Å². The summed E-state index contributed by atoms with van der Waals surface area (Å²) in [7, 11) is 3.18. The molecule has 5 nitrogen and oxygen atoms in total. The number of carbonyl (C=O) groups excluding carboxylic acids is 1. The van der Waals surface area contributed by atoms with Gasteiger partial charge in [-0.3, -0.25) is 0 Å². The molecule has 6 heteroatoms. The van der Waals surface area contributed by atoms with E-state index in [0.717, 1.165) is 36.9 Å². The third-order valence-electron chi connectivity index (χ3n) is 5.19. The third kappa shape index (κ3) is 4.94. The van der Waals surface area contributed by atoms with Crippen LogP contribution >= 0.6 is 0 Å². The van der Waals surface area contributed by atoms with Crippen molar-refractivity contribution in [1.82, 2.24) is 10.2 Å². The fourth-order valence-corrected chi connectivity index (χ4v) is 3.61. The van der Waals surface area contributed by atoms with E-state index in [1.807, 2.05) is 35.2 Å². The van der Waals surface area contributed by atoms with Crippen LogP contribution in [-0.4, -0.2) is 38.2 Å². The maximum atomic E-state index is 13.2. The molecule has 0 saturated carbocycles. The largest absolute Gasteiger partial charge is 0.493 e. The van der Waals surface area contributed by atoms with Gasteiger partial charge in [0, 0.05) is 25.6 Å². The summed E-state index contributed by atoms with van der Waals surface area (Å²) >= 11 is 0. The molecule has 3 rings (SSSR count). The van der Waals surface area contributed by atoms with Crippen LogP contribution in [0, 0.1) is 5.82 Å². The van der Waals surface area contributed by atoms with Crippen LogP contribution in [0.3, 0.4) is 0 Å². The highest BCUT2D eigenvalue weighted by Gasteiger charge is 2.23. The zero-order chi connectivity index (χ0) is 19.9. The lowest BCUT2D eigenvalue weighted by atomic mass is 9.94. The minimum absolute atomic E-state index is 0.0798. The average Bonchev–Trinajstić information content (AvgIpc) is 2.98. The van der Waals surface area contributed by atoms with Crippen molar-refractivity contribution < 1.29 is 18.7 Å². The molecule has 0 radical (unpaired) electrons. The number of ether oxygens (including phenoxy) is 2. The van der Waals surface area contributed by atoms with E-state index in [1.54, 1.807) is 14.2 Å². The molecule has 0 unspecified atom stereocenters. The lowest BCUT2D eigenvalue weighted by Crippen LogP contribution is -2.41. The van der Waals surface area contributed by atoms with Gasteiger partial charge in [0.1, 0.15) is 5.82 Å². The van der Waals surface area contributed by atoms with E-state index in [4.69, 9.17) is 9.47 Å². The predicted octanol–water partition coefficient (Wildman–Crippen LogP) is 4.32. The summed E-state index contributed by atoms with van der Waals surface area (Å²) < 4.78 is 23.8. The number of halogens is 1. The second-order valence-corrected chi connectivity index (χ2v) is 7.04. The van der Waals surface area contributed by atoms with Crippen molar-refractivity contribution in [3.05, 3.63) is 59.4 Å². The van der Waals surface area contributed by atoms with Crippen molar-refractivity contribution in [2.45, 2.75) is 31.7 Å². The molecule has 28 heavy (non-hydrogen) atoms. The molecule has 150 valence electrons. The van der Waals surface area contributed by atoms with Gasteiger partial charge in [-0.1, -0.05) is 24.6 Å². The molecule has 0 aromatic heterocycles. The molecule has 1 heterocycles. The van der Waals surface area contributed by atoms with Crippen LogP contribution in [0.2, 0.25) is 0 Å². The SMILES string of the molecule is COc1ccc(CNC(=O)N2CCCC[C@@H](c3ccc(F)cc3)C2)cc1OC. The Labute approximate surface area is 165 Å². The number of likely N-dealkylation sites (tertiary alicyclic amines) is 1. The molecule has 2 amide bonds. The van der Waals surface area contributed by atoms with E-state index in [0.29, 0.717) is 24.6 Å². The number of nitrogens with zero attached hydrogens (tertiary/aromatic N) is 1. The summed E-state index contributed by atoms with van der Waals surface area (Å²) in [5.41, 5.74) is 2.02. The molecule has 1 N–H and O–H groups in total. The first-order chi connectivity index (χ1) is 13.6. The Morgan fingerprint density at radius 3 is 2.57 bits per heavy atom. The second-order valence-electron chi connectivity index (χ2n) is 7.04. The second kappa shape index (κ2) is 9.44. The molecule has 0 aliphatic carbocycles. The summed E-state index contributed by atoms with van der Waals surface area (Å²) in [6.07, 6.45) is 3.04. The molecule has 1 fully saturated rings. The Balaban J connectivity index is 1.62. The van der Waals surface area contributed by atoms with Gasteiger partial charge >= 0.3 is 6.03 Å². The Morgan fingerprint density at radius 1 is 1.11 bits per heavy atom. The van der Waals surface area contributed by atoms with Crippen LogP contribution in [0.1, 0.15) is 36.3 Å². The number of hydrogen-bond donors (Lipinski definition) is 1. The van der Waals surface area contributed by atoms with Crippen molar-refractivity contribution in [1.29, 1.82) is 0 Å². The van der Waals surface area contributed by atoms with Crippen LogP contribution in [0.5, 0.6) is 11.5 Å². The molecule has 0 bridgehead atoms. The first kappa shape index (κ1) is 20.0. The van der Waals surface area contributed by atoms with Gasteiger partial charge in [-0.05, 0) is 48.2 Å². The number of nitrogens with one attached hydrogen (secondary N) is 1. The van der Waals surface area contributed by atoms with Gasteiger partial charge < -0.3 is 19.7 Å². The van der Waals surface area contributed by atoms with Crippen LogP contribution in [0.15, 0.2) is 42.5 Å². The van der Waals surface area contributed by atoms with Crippen molar-refractivity contribution in [2.24, 2.45) is 0 Å². The Bertz CT molecular complexity index is 795. The van der Waals surface area contributed by atoms with Gasteiger partial charge in [-0.15, -0.1) is 0 Å². The maximum absolute atomic E-state index is 13.2. The van der Waals surface area contributed by atoms with Gasteiger partial charge in [0.15, 0.2) is 11.5 Å². The van der Waals surface area contributed by atoms with E-state index in [2.05, 4.69) is 5.32 Å².